The van der Waals surface area contributed by atoms with Crippen LogP contribution < -0.4 is 5.32 Å². The van der Waals surface area contributed by atoms with Gasteiger partial charge in [0, 0.05) is 6.54 Å². The Morgan fingerprint density at radius 2 is 2.24 bits per heavy atom. The monoisotopic (exact) mass is 237 g/mol. The molecule has 1 aliphatic rings. The normalized spacial score (nSPS) is 14.6. The Balaban J connectivity index is 1.82. The molecule has 1 aliphatic carbocycles. The number of aromatic hydroxyl groups is 1. The summed E-state index contributed by atoms with van der Waals surface area (Å²) in [6.45, 7) is 0.575. The minimum atomic E-state index is -0.522. The molecule has 2 N–H and O–H groups in total. The van der Waals surface area contributed by atoms with Gasteiger partial charge < -0.3 is 10.4 Å². The van der Waals surface area contributed by atoms with Crippen LogP contribution in [0.3, 0.4) is 0 Å². The molecule has 1 amide bonds. The van der Waals surface area contributed by atoms with Crippen molar-refractivity contribution in [1.29, 1.82) is 0 Å². The van der Waals surface area contributed by atoms with Gasteiger partial charge in [-0.1, -0.05) is 12.8 Å². The van der Waals surface area contributed by atoms with Crippen molar-refractivity contribution >= 4 is 5.91 Å². The van der Waals surface area contributed by atoms with Gasteiger partial charge in [0.25, 0.3) is 5.91 Å². The minimum Gasteiger partial charge on any atom is -0.507 e. The summed E-state index contributed by atoms with van der Waals surface area (Å²) in [5, 5.41) is 12.1. The van der Waals surface area contributed by atoms with E-state index in [-0.39, 0.29) is 11.3 Å². The molecule has 2 rings (SSSR count). The number of carbonyl (C=O) groups is 1. The molecule has 0 radical (unpaired) electrons. The second-order valence-electron chi connectivity index (χ2n) is 4.50. The zero-order valence-electron chi connectivity index (χ0n) is 9.58. The zero-order valence-corrected chi connectivity index (χ0v) is 9.58. The van der Waals surface area contributed by atoms with Gasteiger partial charge in [0.2, 0.25) is 0 Å². The van der Waals surface area contributed by atoms with E-state index in [1.54, 1.807) is 0 Å². The van der Waals surface area contributed by atoms with Crippen molar-refractivity contribution in [3.8, 4) is 5.75 Å². The van der Waals surface area contributed by atoms with Gasteiger partial charge in [-0.3, -0.25) is 4.79 Å². The molecule has 0 heterocycles. The van der Waals surface area contributed by atoms with Crippen LogP contribution in [-0.4, -0.2) is 17.6 Å². The molecule has 3 nitrogen and oxygen atoms in total. The van der Waals surface area contributed by atoms with Crippen molar-refractivity contribution in [2.75, 3.05) is 6.54 Å². The molecule has 0 bridgehead atoms. The van der Waals surface area contributed by atoms with Crippen LogP contribution in [0.15, 0.2) is 18.2 Å². The van der Waals surface area contributed by atoms with E-state index in [4.69, 9.17) is 0 Å². The summed E-state index contributed by atoms with van der Waals surface area (Å²) in [6, 6.07) is 3.36. The van der Waals surface area contributed by atoms with Crippen molar-refractivity contribution in [3.05, 3.63) is 29.6 Å². The number of halogens is 1. The summed E-state index contributed by atoms with van der Waals surface area (Å²) in [6.07, 6.45) is 4.68. The van der Waals surface area contributed by atoms with Crippen LogP contribution >= 0.6 is 0 Å². The van der Waals surface area contributed by atoms with Gasteiger partial charge in [0.15, 0.2) is 0 Å². The predicted octanol–water partition coefficient (Wildman–Crippen LogP) is 2.45. The largest absolute Gasteiger partial charge is 0.507 e. The number of hydrogen-bond donors (Lipinski definition) is 2. The Bertz CT molecular complexity index is 416. The molecule has 1 saturated carbocycles. The minimum absolute atomic E-state index is 0.00331. The lowest BCUT2D eigenvalue weighted by Gasteiger charge is -2.06. The maximum Gasteiger partial charge on any atom is 0.255 e. The van der Waals surface area contributed by atoms with Crippen LogP contribution in [0.25, 0.3) is 0 Å². The molecule has 1 aromatic rings. The third-order valence-electron chi connectivity index (χ3n) is 2.97. The van der Waals surface area contributed by atoms with Crippen LogP contribution in [0.1, 0.15) is 36.0 Å². The summed E-state index contributed by atoms with van der Waals surface area (Å²) >= 11 is 0. The molecule has 17 heavy (non-hydrogen) atoms. The van der Waals surface area contributed by atoms with Crippen LogP contribution in [0.2, 0.25) is 0 Å². The van der Waals surface area contributed by atoms with Gasteiger partial charge in [-0.25, -0.2) is 4.39 Å². The van der Waals surface area contributed by atoms with E-state index < -0.39 is 11.7 Å². The summed E-state index contributed by atoms with van der Waals surface area (Å²) in [7, 11) is 0. The maximum atomic E-state index is 12.9. The van der Waals surface area contributed by atoms with Crippen molar-refractivity contribution < 1.29 is 14.3 Å². The number of hydrogen-bond acceptors (Lipinski definition) is 2. The highest BCUT2D eigenvalue weighted by atomic mass is 19.1. The van der Waals surface area contributed by atoms with Crippen molar-refractivity contribution in [2.45, 2.75) is 25.7 Å². The van der Waals surface area contributed by atoms with Crippen molar-refractivity contribution in [2.24, 2.45) is 5.92 Å². The number of benzene rings is 1. The fraction of sp³-hybridized carbons (Fsp3) is 0.462. The number of carbonyl (C=O) groups excluding carboxylic acids is 1. The lowest BCUT2D eigenvalue weighted by molar-refractivity contribution is 0.0949. The average molecular weight is 237 g/mol. The highest BCUT2D eigenvalue weighted by Gasteiger charge is 2.20. The van der Waals surface area contributed by atoms with E-state index in [1.165, 1.54) is 18.9 Å². The number of rotatable bonds is 5. The van der Waals surface area contributed by atoms with Crippen molar-refractivity contribution in [3.63, 3.8) is 0 Å². The maximum absolute atomic E-state index is 12.9. The molecular weight excluding hydrogens is 221 g/mol. The van der Waals surface area contributed by atoms with Gasteiger partial charge in [-0.15, -0.1) is 0 Å². The average Bonchev–Trinajstić information content (AvgIpc) is 3.11. The molecule has 1 fully saturated rings. The fourth-order valence-electron chi connectivity index (χ4n) is 1.78. The topological polar surface area (TPSA) is 49.3 Å². The molecule has 4 heteroatoms. The SMILES string of the molecule is O=C(NCCCC1CC1)c1cc(F)ccc1O. The predicted molar refractivity (Wildman–Crippen MR) is 62.4 cm³/mol. The third-order valence-corrected chi connectivity index (χ3v) is 2.97. The van der Waals surface area contributed by atoms with E-state index in [0.29, 0.717) is 6.54 Å². The standard InChI is InChI=1S/C13H16FNO2/c14-10-5-6-12(16)11(8-10)13(17)15-7-1-2-9-3-4-9/h5-6,8-9,16H,1-4,7H2,(H,15,17). The fourth-order valence-corrected chi connectivity index (χ4v) is 1.78. The number of phenolic OH excluding ortho intramolecular Hbond substituents is 1. The van der Waals surface area contributed by atoms with E-state index in [9.17, 15) is 14.3 Å². The van der Waals surface area contributed by atoms with Crippen LogP contribution in [0.5, 0.6) is 5.75 Å². The Hall–Kier alpha value is -1.58. The molecule has 0 aliphatic heterocycles. The van der Waals surface area contributed by atoms with E-state index in [0.717, 1.165) is 30.9 Å². The second-order valence-corrected chi connectivity index (χ2v) is 4.50. The molecule has 0 spiro atoms. The van der Waals surface area contributed by atoms with E-state index >= 15 is 0 Å². The lowest BCUT2D eigenvalue weighted by atomic mass is 10.1. The third kappa shape index (κ3) is 3.44. The Kier molecular flexibility index (Phi) is 3.61. The number of phenols is 1. The Morgan fingerprint density at radius 1 is 1.47 bits per heavy atom. The Labute approximate surface area is 99.7 Å². The first kappa shape index (κ1) is 11.9. The quantitative estimate of drug-likeness (QED) is 0.773. The summed E-state index contributed by atoms with van der Waals surface area (Å²) in [5.74, 6) is -0.288. The molecule has 0 unspecified atom stereocenters. The van der Waals surface area contributed by atoms with Gasteiger partial charge in [0.05, 0.1) is 5.56 Å². The molecule has 0 saturated heterocycles. The first-order chi connectivity index (χ1) is 8.16. The summed E-state index contributed by atoms with van der Waals surface area (Å²) in [4.78, 5) is 11.6. The molecular formula is C13H16FNO2. The van der Waals surface area contributed by atoms with Crippen LogP contribution in [-0.2, 0) is 0 Å². The van der Waals surface area contributed by atoms with Crippen LogP contribution in [0, 0.1) is 11.7 Å². The Morgan fingerprint density at radius 3 is 2.94 bits per heavy atom. The van der Waals surface area contributed by atoms with Gasteiger partial charge in [0.1, 0.15) is 11.6 Å². The molecule has 1 aromatic carbocycles. The summed E-state index contributed by atoms with van der Waals surface area (Å²) < 4.78 is 12.9. The van der Waals surface area contributed by atoms with Gasteiger partial charge in [-0.2, -0.15) is 0 Å². The first-order valence-electron chi connectivity index (χ1n) is 5.93. The van der Waals surface area contributed by atoms with E-state index in [1.807, 2.05) is 0 Å². The van der Waals surface area contributed by atoms with Crippen molar-refractivity contribution in [1.82, 2.24) is 5.32 Å². The van der Waals surface area contributed by atoms with Gasteiger partial charge >= 0.3 is 0 Å². The van der Waals surface area contributed by atoms with E-state index in [2.05, 4.69) is 5.32 Å². The highest BCUT2D eigenvalue weighted by molar-refractivity contribution is 5.96. The number of amides is 1. The second kappa shape index (κ2) is 5.17. The van der Waals surface area contributed by atoms with Gasteiger partial charge in [-0.05, 0) is 37.0 Å². The number of nitrogens with one attached hydrogen (secondary N) is 1. The molecule has 0 aromatic heterocycles. The van der Waals surface area contributed by atoms with Crippen LogP contribution in [0.4, 0.5) is 4.39 Å². The molecule has 0 atom stereocenters. The first-order valence-corrected chi connectivity index (χ1v) is 5.93. The summed E-state index contributed by atoms with van der Waals surface area (Å²) in [5.41, 5.74) is -0.00331. The smallest absolute Gasteiger partial charge is 0.255 e. The molecule has 92 valence electrons. The highest BCUT2D eigenvalue weighted by Crippen LogP contribution is 2.33. The zero-order chi connectivity index (χ0) is 12.3. The lowest BCUT2D eigenvalue weighted by Crippen LogP contribution is -2.24.